The van der Waals surface area contributed by atoms with Gasteiger partial charge in [-0.25, -0.2) is 0 Å². The highest BCUT2D eigenvalue weighted by atomic mass is 35.5. The molecule has 0 saturated carbocycles. The summed E-state index contributed by atoms with van der Waals surface area (Å²) in [6, 6.07) is 10.1. The number of benzene rings is 2. The molecule has 0 aliphatic carbocycles. The molecule has 0 unspecified atom stereocenters. The summed E-state index contributed by atoms with van der Waals surface area (Å²) >= 11 is 5.94. The number of nitrogens with two attached hydrogens (primary N) is 1. The standard InChI is InChI=1S/C14H11ClF3NO/c15-13-4-2-1-3-9(13)8-20-12-6-10(14(16,17)18)5-11(19)7-12/h1-7H,8,19H2. The fraction of sp³-hybridized carbons (Fsp3) is 0.143. The second kappa shape index (κ2) is 5.63. The molecule has 0 aliphatic heterocycles. The Morgan fingerprint density at radius 1 is 1.10 bits per heavy atom. The van der Waals surface area contributed by atoms with Crippen LogP contribution in [-0.4, -0.2) is 0 Å². The van der Waals surface area contributed by atoms with Crippen molar-refractivity contribution in [1.82, 2.24) is 0 Å². The van der Waals surface area contributed by atoms with Crippen LogP contribution in [0.15, 0.2) is 42.5 Å². The Labute approximate surface area is 118 Å². The summed E-state index contributed by atoms with van der Waals surface area (Å²) in [5, 5.41) is 0.493. The Hall–Kier alpha value is -1.88. The van der Waals surface area contributed by atoms with Crippen LogP contribution in [0.4, 0.5) is 18.9 Å². The molecule has 2 aromatic rings. The Morgan fingerprint density at radius 2 is 1.80 bits per heavy atom. The second-order valence-corrected chi connectivity index (χ2v) is 4.58. The summed E-state index contributed by atoms with van der Waals surface area (Å²) in [5.74, 6) is 0.0530. The molecule has 0 spiro atoms. The van der Waals surface area contributed by atoms with Crippen molar-refractivity contribution in [2.45, 2.75) is 12.8 Å². The lowest BCUT2D eigenvalue weighted by molar-refractivity contribution is -0.137. The SMILES string of the molecule is Nc1cc(OCc2ccccc2Cl)cc(C(F)(F)F)c1. The van der Waals surface area contributed by atoms with Crippen molar-refractivity contribution in [3.63, 3.8) is 0 Å². The van der Waals surface area contributed by atoms with Gasteiger partial charge in [0.2, 0.25) is 0 Å². The van der Waals surface area contributed by atoms with E-state index in [1.807, 2.05) is 0 Å². The minimum absolute atomic E-state index is 0.00557. The Morgan fingerprint density at radius 3 is 2.45 bits per heavy atom. The van der Waals surface area contributed by atoms with Crippen molar-refractivity contribution in [3.8, 4) is 5.75 Å². The van der Waals surface area contributed by atoms with Gasteiger partial charge in [-0.1, -0.05) is 29.8 Å². The van der Waals surface area contributed by atoms with E-state index in [0.717, 1.165) is 12.1 Å². The van der Waals surface area contributed by atoms with Gasteiger partial charge in [0.1, 0.15) is 12.4 Å². The van der Waals surface area contributed by atoms with Gasteiger partial charge in [-0.15, -0.1) is 0 Å². The fourth-order valence-corrected chi connectivity index (χ4v) is 1.84. The number of rotatable bonds is 3. The molecule has 0 amide bonds. The number of hydrogen-bond acceptors (Lipinski definition) is 2. The molecule has 6 heteroatoms. The molecular formula is C14H11ClF3NO. The molecule has 0 radical (unpaired) electrons. The van der Waals surface area contributed by atoms with Crippen LogP contribution >= 0.6 is 11.6 Å². The monoisotopic (exact) mass is 301 g/mol. The molecule has 2 aromatic carbocycles. The number of hydrogen-bond donors (Lipinski definition) is 1. The highest BCUT2D eigenvalue weighted by molar-refractivity contribution is 6.31. The molecule has 0 saturated heterocycles. The molecule has 0 bridgehead atoms. The number of nitrogen functional groups attached to an aromatic ring is 1. The van der Waals surface area contributed by atoms with Crippen LogP contribution in [0, 0.1) is 0 Å². The third-order valence-electron chi connectivity index (χ3n) is 2.61. The largest absolute Gasteiger partial charge is 0.489 e. The van der Waals surface area contributed by atoms with Crippen molar-refractivity contribution >= 4 is 17.3 Å². The molecule has 0 heterocycles. The summed E-state index contributed by atoms with van der Waals surface area (Å²) in [5.41, 5.74) is 5.29. The van der Waals surface area contributed by atoms with Crippen molar-refractivity contribution < 1.29 is 17.9 Å². The number of halogens is 4. The van der Waals surface area contributed by atoms with Crippen LogP contribution < -0.4 is 10.5 Å². The molecule has 0 atom stereocenters. The van der Waals surface area contributed by atoms with E-state index in [1.54, 1.807) is 24.3 Å². The quantitative estimate of drug-likeness (QED) is 0.846. The lowest BCUT2D eigenvalue weighted by Crippen LogP contribution is -2.06. The smallest absolute Gasteiger partial charge is 0.416 e. The third kappa shape index (κ3) is 3.57. The van der Waals surface area contributed by atoms with Gasteiger partial charge in [-0.2, -0.15) is 13.2 Å². The highest BCUT2D eigenvalue weighted by Crippen LogP contribution is 2.33. The number of alkyl halides is 3. The average Bonchev–Trinajstić information content (AvgIpc) is 2.36. The summed E-state index contributed by atoms with van der Waals surface area (Å²) in [4.78, 5) is 0. The van der Waals surface area contributed by atoms with Crippen LogP contribution in [0.5, 0.6) is 5.75 Å². The van der Waals surface area contributed by atoms with E-state index in [1.165, 1.54) is 6.07 Å². The van der Waals surface area contributed by atoms with Crippen LogP contribution in [0.2, 0.25) is 5.02 Å². The lowest BCUT2D eigenvalue weighted by atomic mass is 10.2. The molecule has 0 aromatic heterocycles. The minimum atomic E-state index is -4.46. The maximum absolute atomic E-state index is 12.6. The van der Waals surface area contributed by atoms with Crippen molar-refractivity contribution in [3.05, 3.63) is 58.6 Å². The van der Waals surface area contributed by atoms with Gasteiger partial charge in [0, 0.05) is 22.3 Å². The molecule has 20 heavy (non-hydrogen) atoms. The van der Waals surface area contributed by atoms with Crippen molar-refractivity contribution in [1.29, 1.82) is 0 Å². The van der Waals surface area contributed by atoms with E-state index < -0.39 is 11.7 Å². The van der Waals surface area contributed by atoms with Gasteiger partial charge in [-0.3, -0.25) is 0 Å². The summed E-state index contributed by atoms with van der Waals surface area (Å²) in [7, 11) is 0. The zero-order chi connectivity index (χ0) is 14.8. The van der Waals surface area contributed by atoms with Crippen LogP contribution in [0.3, 0.4) is 0 Å². The molecular weight excluding hydrogens is 291 g/mol. The zero-order valence-electron chi connectivity index (χ0n) is 10.2. The van der Waals surface area contributed by atoms with Gasteiger partial charge < -0.3 is 10.5 Å². The molecule has 0 aliphatic rings. The van der Waals surface area contributed by atoms with Gasteiger partial charge in [-0.05, 0) is 18.2 Å². The first-order valence-electron chi connectivity index (χ1n) is 5.70. The van der Waals surface area contributed by atoms with E-state index in [0.29, 0.717) is 10.6 Å². The summed E-state index contributed by atoms with van der Waals surface area (Å²) < 4.78 is 43.3. The van der Waals surface area contributed by atoms with E-state index in [2.05, 4.69) is 0 Å². The molecule has 2 rings (SSSR count). The van der Waals surface area contributed by atoms with E-state index in [4.69, 9.17) is 22.1 Å². The maximum atomic E-state index is 12.6. The van der Waals surface area contributed by atoms with Gasteiger partial charge in [0.05, 0.1) is 5.56 Å². The minimum Gasteiger partial charge on any atom is -0.489 e. The predicted molar refractivity (Wildman–Crippen MR) is 71.6 cm³/mol. The Balaban J connectivity index is 2.18. The maximum Gasteiger partial charge on any atom is 0.416 e. The first-order chi connectivity index (χ1) is 9.36. The Bertz CT molecular complexity index is 614. The normalized spacial score (nSPS) is 11.4. The topological polar surface area (TPSA) is 35.2 Å². The van der Waals surface area contributed by atoms with Crippen molar-refractivity contribution in [2.75, 3.05) is 5.73 Å². The average molecular weight is 302 g/mol. The second-order valence-electron chi connectivity index (χ2n) is 4.17. The first kappa shape index (κ1) is 14.5. The third-order valence-corrected chi connectivity index (χ3v) is 2.98. The van der Waals surface area contributed by atoms with E-state index >= 15 is 0 Å². The number of ether oxygens (including phenoxy) is 1. The zero-order valence-corrected chi connectivity index (χ0v) is 11.0. The number of anilines is 1. The van der Waals surface area contributed by atoms with Crippen LogP contribution in [-0.2, 0) is 12.8 Å². The van der Waals surface area contributed by atoms with Crippen LogP contribution in [0.25, 0.3) is 0 Å². The summed E-state index contributed by atoms with van der Waals surface area (Å²) in [6.07, 6.45) is -4.46. The van der Waals surface area contributed by atoms with Gasteiger partial charge in [0.15, 0.2) is 0 Å². The van der Waals surface area contributed by atoms with Gasteiger partial charge >= 0.3 is 6.18 Å². The molecule has 106 valence electrons. The summed E-state index contributed by atoms with van der Waals surface area (Å²) in [6.45, 7) is 0.0699. The van der Waals surface area contributed by atoms with Crippen LogP contribution in [0.1, 0.15) is 11.1 Å². The molecule has 2 N–H and O–H groups in total. The Kier molecular flexibility index (Phi) is 4.09. The van der Waals surface area contributed by atoms with E-state index in [-0.39, 0.29) is 18.0 Å². The molecule has 0 fully saturated rings. The molecule has 2 nitrogen and oxygen atoms in total. The van der Waals surface area contributed by atoms with E-state index in [9.17, 15) is 13.2 Å². The predicted octanol–water partition coefficient (Wildman–Crippen LogP) is 4.52. The van der Waals surface area contributed by atoms with Gasteiger partial charge in [0.25, 0.3) is 0 Å². The first-order valence-corrected chi connectivity index (χ1v) is 6.08. The lowest BCUT2D eigenvalue weighted by Gasteiger charge is -2.12. The highest BCUT2D eigenvalue weighted by Gasteiger charge is 2.31. The fourth-order valence-electron chi connectivity index (χ4n) is 1.65. The van der Waals surface area contributed by atoms with Crippen molar-refractivity contribution in [2.24, 2.45) is 0 Å².